The highest BCUT2D eigenvalue weighted by Gasteiger charge is 2.22. The quantitative estimate of drug-likeness (QED) is 0.407. The minimum absolute atomic E-state index is 0.235. The van der Waals surface area contributed by atoms with Crippen molar-refractivity contribution in [1.29, 1.82) is 0 Å². The number of rotatable bonds is 7. The third-order valence-corrected chi connectivity index (χ3v) is 5.30. The zero-order chi connectivity index (χ0) is 19.3. The fraction of sp³-hybridized carbons (Fsp3) is 0.478. The molecule has 0 fully saturated rings. The molecule has 3 heteroatoms. The Balaban J connectivity index is 2.75. The molecule has 0 aliphatic heterocycles. The fourth-order valence-corrected chi connectivity index (χ4v) is 4.11. The summed E-state index contributed by atoms with van der Waals surface area (Å²) in [6, 6.07) is 10.8. The van der Waals surface area contributed by atoms with Gasteiger partial charge in [-0.05, 0) is 85.0 Å². The number of hydrogen-bond donors (Lipinski definition) is 0. The van der Waals surface area contributed by atoms with Gasteiger partial charge in [-0.1, -0.05) is 44.9 Å². The zero-order valence-electron chi connectivity index (χ0n) is 16.9. The lowest BCUT2D eigenvalue weighted by Gasteiger charge is -2.25. The van der Waals surface area contributed by atoms with Crippen molar-refractivity contribution in [2.75, 3.05) is 7.11 Å². The molecule has 142 valence electrons. The Labute approximate surface area is 172 Å². The number of ether oxygens (including phenoxy) is 2. The number of aryl methyl sites for hydroxylation is 2. The van der Waals surface area contributed by atoms with Gasteiger partial charge in [-0.3, -0.25) is 0 Å². The minimum atomic E-state index is -0.235. The first-order chi connectivity index (χ1) is 12.3. The molecule has 0 atom stereocenters. The van der Waals surface area contributed by atoms with E-state index in [-0.39, 0.29) is 5.60 Å². The van der Waals surface area contributed by atoms with Crippen LogP contribution in [0.3, 0.4) is 0 Å². The number of halogens is 1. The predicted molar refractivity (Wildman–Crippen MR) is 120 cm³/mol. The lowest BCUT2D eigenvalue weighted by Crippen LogP contribution is -2.23. The lowest BCUT2D eigenvalue weighted by atomic mass is 9.89. The van der Waals surface area contributed by atoms with E-state index in [2.05, 4.69) is 75.4 Å². The molecule has 2 aromatic rings. The maximum Gasteiger partial charge on any atom is 0.134 e. The molecule has 26 heavy (non-hydrogen) atoms. The van der Waals surface area contributed by atoms with Gasteiger partial charge in [0.05, 0.1) is 10.7 Å². The van der Waals surface area contributed by atoms with Crippen molar-refractivity contribution in [3.8, 4) is 22.6 Å². The maximum atomic E-state index is 6.23. The van der Waals surface area contributed by atoms with Crippen molar-refractivity contribution in [3.05, 3.63) is 45.0 Å². The minimum Gasteiger partial charge on any atom is -0.496 e. The summed E-state index contributed by atoms with van der Waals surface area (Å²) in [5.74, 6) is 1.83. The Kier molecular flexibility index (Phi) is 7.39. The van der Waals surface area contributed by atoms with Crippen LogP contribution in [0.5, 0.6) is 11.5 Å². The third kappa shape index (κ3) is 4.93. The molecule has 0 unspecified atom stereocenters. The summed E-state index contributed by atoms with van der Waals surface area (Å²) < 4.78 is 13.1. The topological polar surface area (TPSA) is 18.5 Å². The Hall–Kier alpha value is -1.23. The van der Waals surface area contributed by atoms with Gasteiger partial charge in [0.15, 0.2) is 0 Å². The Bertz CT molecular complexity index is 720. The van der Waals surface area contributed by atoms with Crippen LogP contribution in [0, 0.1) is 3.57 Å². The van der Waals surface area contributed by atoms with Crippen LogP contribution in [0.15, 0.2) is 30.3 Å². The van der Waals surface area contributed by atoms with E-state index in [1.54, 1.807) is 7.11 Å². The van der Waals surface area contributed by atoms with Crippen molar-refractivity contribution in [2.24, 2.45) is 0 Å². The predicted octanol–water partition coefficient (Wildman–Crippen LogP) is 7.05. The van der Waals surface area contributed by atoms with Crippen molar-refractivity contribution in [2.45, 2.75) is 65.9 Å². The van der Waals surface area contributed by atoms with Gasteiger partial charge in [-0.15, -0.1) is 0 Å². The van der Waals surface area contributed by atoms with Gasteiger partial charge >= 0.3 is 0 Å². The Morgan fingerprint density at radius 2 is 1.38 bits per heavy atom. The average Bonchev–Trinajstić information content (AvgIpc) is 2.57. The van der Waals surface area contributed by atoms with Gasteiger partial charge in [-0.25, -0.2) is 0 Å². The monoisotopic (exact) mass is 466 g/mol. The molecular formula is C23H31IO2. The summed E-state index contributed by atoms with van der Waals surface area (Å²) in [5.41, 5.74) is 5.05. The number of benzene rings is 2. The number of methoxy groups -OCH3 is 1. The van der Waals surface area contributed by atoms with Crippen LogP contribution in [-0.4, -0.2) is 12.7 Å². The highest BCUT2D eigenvalue weighted by atomic mass is 127. The lowest BCUT2D eigenvalue weighted by molar-refractivity contribution is 0.129. The molecule has 0 saturated carbocycles. The molecular weight excluding hydrogens is 435 g/mol. The van der Waals surface area contributed by atoms with Crippen molar-refractivity contribution >= 4 is 22.6 Å². The van der Waals surface area contributed by atoms with Gasteiger partial charge in [0.2, 0.25) is 0 Å². The second-order valence-electron chi connectivity index (χ2n) is 7.62. The van der Waals surface area contributed by atoms with Crippen molar-refractivity contribution in [1.82, 2.24) is 0 Å². The molecule has 0 amide bonds. The normalized spacial score (nSPS) is 11.5. The third-order valence-electron chi connectivity index (χ3n) is 4.23. The van der Waals surface area contributed by atoms with E-state index in [4.69, 9.17) is 9.47 Å². The SMILES string of the molecule is CCCc1cccc(CCC)c1-c1c(OC)ccc(OC(C)(C)C)c1I. The fourth-order valence-electron chi connectivity index (χ4n) is 3.28. The zero-order valence-corrected chi connectivity index (χ0v) is 19.1. The van der Waals surface area contributed by atoms with Crippen LogP contribution >= 0.6 is 22.6 Å². The van der Waals surface area contributed by atoms with E-state index < -0.39 is 0 Å². The summed E-state index contributed by atoms with van der Waals surface area (Å²) in [5, 5.41) is 0. The molecule has 0 aliphatic carbocycles. The molecule has 0 N–H and O–H groups in total. The molecule has 0 radical (unpaired) electrons. The van der Waals surface area contributed by atoms with E-state index >= 15 is 0 Å². The molecule has 2 aromatic carbocycles. The summed E-state index contributed by atoms with van der Waals surface area (Å²) in [6.45, 7) is 10.7. The standard InChI is InChI=1S/C23H31IO2/c1-7-10-16-12-9-13-17(11-8-2)20(16)21-18(25-6)14-15-19(22(21)24)26-23(3,4)5/h9,12-15H,7-8,10-11H2,1-6H3. The maximum absolute atomic E-state index is 6.23. The van der Waals surface area contributed by atoms with Crippen LogP contribution in [0.1, 0.15) is 58.6 Å². The Morgan fingerprint density at radius 3 is 1.85 bits per heavy atom. The molecule has 0 heterocycles. The second kappa shape index (κ2) is 9.12. The van der Waals surface area contributed by atoms with Crippen LogP contribution in [0.4, 0.5) is 0 Å². The largest absolute Gasteiger partial charge is 0.496 e. The summed E-state index contributed by atoms with van der Waals surface area (Å²) >= 11 is 2.42. The van der Waals surface area contributed by atoms with E-state index in [0.29, 0.717) is 0 Å². The smallest absolute Gasteiger partial charge is 0.134 e. The summed E-state index contributed by atoms with van der Waals surface area (Å²) in [4.78, 5) is 0. The van der Waals surface area contributed by atoms with Crippen LogP contribution in [-0.2, 0) is 12.8 Å². The molecule has 0 saturated heterocycles. The molecule has 0 aliphatic rings. The van der Waals surface area contributed by atoms with E-state index in [9.17, 15) is 0 Å². The first-order valence-corrected chi connectivity index (χ1v) is 10.6. The number of hydrogen-bond acceptors (Lipinski definition) is 2. The molecule has 0 bridgehead atoms. The first-order valence-electron chi connectivity index (χ1n) is 9.49. The summed E-state index contributed by atoms with van der Waals surface area (Å²) in [7, 11) is 1.75. The van der Waals surface area contributed by atoms with E-state index in [0.717, 1.165) is 40.8 Å². The molecule has 0 aromatic heterocycles. The van der Waals surface area contributed by atoms with Crippen molar-refractivity contribution < 1.29 is 9.47 Å². The van der Waals surface area contributed by atoms with E-state index in [1.165, 1.54) is 22.3 Å². The van der Waals surface area contributed by atoms with Crippen LogP contribution < -0.4 is 9.47 Å². The van der Waals surface area contributed by atoms with Gasteiger partial charge in [0.1, 0.15) is 17.1 Å². The van der Waals surface area contributed by atoms with Crippen LogP contribution in [0.25, 0.3) is 11.1 Å². The van der Waals surface area contributed by atoms with E-state index in [1.807, 2.05) is 12.1 Å². The highest BCUT2D eigenvalue weighted by molar-refractivity contribution is 14.1. The van der Waals surface area contributed by atoms with Gasteiger partial charge in [-0.2, -0.15) is 0 Å². The van der Waals surface area contributed by atoms with Crippen molar-refractivity contribution in [3.63, 3.8) is 0 Å². The second-order valence-corrected chi connectivity index (χ2v) is 8.70. The molecule has 2 rings (SSSR count). The molecule has 2 nitrogen and oxygen atoms in total. The molecule has 0 spiro atoms. The van der Waals surface area contributed by atoms with Gasteiger partial charge < -0.3 is 9.47 Å². The Morgan fingerprint density at radius 1 is 0.846 bits per heavy atom. The van der Waals surface area contributed by atoms with Gasteiger partial charge in [0, 0.05) is 5.56 Å². The average molecular weight is 466 g/mol. The summed E-state index contributed by atoms with van der Waals surface area (Å²) in [6.07, 6.45) is 4.38. The first kappa shape index (κ1) is 21.1. The highest BCUT2D eigenvalue weighted by Crippen LogP contribution is 2.43. The van der Waals surface area contributed by atoms with Gasteiger partial charge in [0.25, 0.3) is 0 Å². The van der Waals surface area contributed by atoms with Crippen LogP contribution in [0.2, 0.25) is 0 Å².